The molecule has 1 rings (SSSR count). The van der Waals surface area contributed by atoms with Gasteiger partial charge in [-0.15, -0.1) is 0 Å². The van der Waals surface area contributed by atoms with E-state index >= 15 is 0 Å². The molecule has 2 nitrogen and oxygen atoms in total. The van der Waals surface area contributed by atoms with Gasteiger partial charge in [-0.1, -0.05) is 31.5 Å². The lowest BCUT2D eigenvalue weighted by Crippen LogP contribution is -1.95. The van der Waals surface area contributed by atoms with Gasteiger partial charge in [0.2, 0.25) is 0 Å². The van der Waals surface area contributed by atoms with Crippen LogP contribution in [-0.2, 0) is 11.0 Å². The first-order valence-electron chi connectivity index (χ1n) is 5.16. The topological polar surface area (TPSA) is 29.4 Å². The van der Waals surface area contributed by atoms with Crippen LogP contribution in [0, 0.1) is 12.8 Å². The van der Waals surface area contributed by atoms with Crippen LogP contribution >= 0.6 is 0 Å². The molecule has 0 aromatic heterocycles. The van der Waals surface area contributed by atoms with Crippen molar-refractivity contribution < 1.29 is 4.21 Å². The molecule has 0 amide bonds. The Morgan fingerprint density at radius 3 is 2.53 bits per heavy atom. The molecule has 0 bridgehead atoms. The number of benzene rings is 1. The van der Waals surface area contributed by atoms with Crippen LogP contribution in [0.15, 0.2) is 33.6 Å². The van der Waals surface area contributed by atoms with Crippen molar-refractivity contribution in [3.63, 3.8) is 0 Å². The van der Waals surface area contributed by atoms with E-state index in [1.165, 1.54) is 5.56 Å². The van der Waals surface area contributed by atoms with E-state index in [9.17, 15) is 4.21 Å². The van der Waals surface area contributed by atoms with Gasteiger partial charge in [-0.2, -0.15) is 4.40 Å². The van der Waals surface area contributed by atoms with Gasteiger partial charge in [0.15, 0.2) is 11.0 Å². The fourth-order valence-electron chi connectivity index (χ4n) is 0.980. The number of aryl methyl sites for hydroxylation is 1. The van der Waals surface area contributed by atoms with Crippen molar-refractivity contribution in [2.75, 3.05) is 0 Å². The third kappa shape index (κ3) is 3.96. The zero-order valence-electron chi connectivity index (χ0n) is 9.43. The van der Waals surface area contributed by atoms with Crippen molar-refractivity contribution in [2.45, 2.75) is 32.1 Å². The summed E-state index contributed by atoms with van der Waals surface area (Å²) in [6.07, 6.45) is 2.80. The average Bonchev–Trinajstić information content (AvgIpc) is 2.26. The summed E-state index contributed by atoms with van der Waals surface area (Å²) in [5.41, 5.74) is 1.17. The van der Waals surface area contributed by atoms with Gasteiger partial charge >= 0.3 is 0 Å². The quantitative estimate of drug-likeness (QED) is 0.721. The van der Waals surface area contributed by atoms with E-state index in [0.29, 0.717) is 5.92 Å². The fraction of sp³-hybridized carbons (Fsp3) is 0.417. The van der Waals surface area contributed by atoms with Crippen molar-refractivity contribution in [3.8, 4) is 0 Å². The maximum Gasteiger partial charge on any atom is 0.172 e. The molecule has 0 aliphatic rings. The van der Waals surface area contributed by atoms with Crippen molar-refractivity contribution in [1.29, 1.82) is 0 Å². The maximum absolute atomic E-state index is 11.7. The van der Waals surface area contributed by atoms with Gasteiger partial charge in [0.1, 0.15) is 0 Å². The summed E-state index contributed by atoms with van der Waals surface area (Å²) in [7, 11) is -1.24. The normalized spacial score (nSPS) is 15.4. The number of rotatable bonds is 4. The minimum atomic E-state index is -1.24. The molecule has 0 spiro atoms. The zero-order valence-corrected chi connectivity index (χ0v) is 10.3. The van der Waals surface area contributed by atoms with Gasteiger partial charge in [-0.05, 0) is 31.4 Å². The largest absolute Gasteiger partial charge is 0.230 e. The van der Waals surface area contributed by atoms with Crippen LogP contribution in [0.5, 0.6) is 0 Å². The summed E-state index contributed by atoms with van der Waals surface area (Å²) in [6, 6.07) is 7.62. The van der Waals surface area contributed by atoms with E-state index in [4.69, 9.17) is 0 Å². The molecule has 0 saturated heterocycles. The minimum Gasteiger partial charge on any atom is -0.230 e. The number of nitrogens with zero attached hydrogens (tertiary/aromatic N) is 1. The number of hydrogen-bond acceptors (Lipinski definition) is 1. The summed E-state index contributed by atoms with van der Waals surface area (Å²) in [5, 5.41) is 0. The van der Waals surface area contributed by atoms with E-state index < -0.39 is 11.0 Å². The Bertz CT molecular complexity index is 356. The molecule has 0 unspecified atom stereocenters. The van der Waals surface area contributed by atoms with E-state index in [1.54, 1.807) is 6.21 Å². The van der Waals surface area contributed by atoms with Crippen LogP contribution in [0.4, 0.5) is 0 Å². The predicted octanol–water partition coefficient (Wildman–Crippen LogP) is 3.13. The standard InChI is InChI=1S/C12H17NOS/c1-4-10(2)9-13-15(14)12-7-5-11(3)6-8-12/h5-10H,4H2,1-3H3/b13-9+/t10-,15+/m1/s1. The SMILES string of the molecule is CC[C@@H](C)/C=N/[S@@](=O)c1ccc(C)cc1. The Hall–Kier alpha value is -0.960. The van der Waals surface area contributed by atoms with Gasteiger partial charge in [0, 0.05) is 6.21 Å². The smallest absolute Gasteiger partial charge is 0.172 e. The first-order chi connectivity index (χ1) is 7.13. The molecule has 0 aliphatic carbocycles. The molecule has 0 fully saturated rings. The summed E-state index contributed by atoms with van der Waals surface area (Å²) in [4.78, 5) is 0.764. The lowest BCUT2D eigenvalue weighted by atomic mass is 10.1. The second-order valence-corrected chi connectivity index (χ2v) is 4.88. The van der Waals surface area contributed by atoms with Crippen LogP contribution in [0.3, 0.4) is 0 Å². The molecule has 0 radical (unpaired) electrons. The highest BCUT2D eigenvalue weighted by Crippen LogP contribution is 2.09. The summed E-state index contributed by atoms with van der Waals surface area (Å²) >= 11 is 0. The van der Waals surface area contributed by atoms with Crippen molar-refractivity contribution in [1.82, 2.24) is 0 Å². The fourth-order valence-corrected chi connectivity index (χ4v) is 1.79. The summed E-state index contributed by atoms with van der Waals surface area (Å²) in [6.45, 7) is 6.16. The van der Waals surface area contributed by atoms with Gasteiger partial charge in [0.05, 0.1) is 4.90 Å². The molecule has 1 aromatic rings. The van der Waals surface area contributed by atoms with Crippen molar-refractivity contribution >= 4 is 17.2 Å². The summed E-state index contributed by atoms with van der Waals surface area (Å²) < 4.78 is 15.7. The molecule has 0 saturated carbocycles. The molecule has 3 heteroatoms. The second-order valence-electron chi connectivity index (χ2n) is 3.70. The van der Waals surface area contributed by atoms with E-state index in [2.05, 4.69) is 18.2 Å². The lowest BCUT2D eigenvalue weighted by molar-refractivity contribution is 0.683. The second kappa shape index (κ2) is 5.81. The van der Waals surface area contributed by atoms with Gasteiger partial charge < -0.3 is 0 Å². The zero-order chi connectivity index (χ0) is 11.3. The Morgan fingerprint density at radius 2 is 2.00 bits per heavy atom. The third-order valence-electron chi connectivity index (χ3n) is 2.28. The molecule has 15 heavy (non-hydrogen) atoms. The first-order valence-corrected chi connectivity index (χ1v) is 6.27. The molecular weight excluding hydrogens is 206 g/mol. The third-order valence-corrected chi connectivity index (χ3v) is 3.27. The minimum absolute atomic E-state index is 0.388. The Kier molecular flexibility index (Phi) is 4.69. The highest BCUT2D eigenvalue weighted by molar-refractivity contribution is 7.83. The molecule has 82 valence electrons. The average molecular weight is 223 g/mol. The molecule has 2 atom stereocenters. The molecule has 0 aliphatic heterocycles. The van der Waals surface area contributed by atoms with Crippen molar-refractivity contribution in [3.05, 3.63) is 29.8 Å². The van der Waals surface area contributed by atoms with Crippen LogP contribution in [0.1, 0.15) is 25.8 Å². The van der Waals surface area contributed by atoms with Crippen LogP contribution in [-0.4, -0.2) is 10.4 Å². The van der Waals surface area contributed by atoms with Crippen LogP contribution < -0.4 is 0 Å². The van der Waals surface area contributed by atoms with Gasteiger partial charge in [-0.3, -0.25) is 0 Å². The molecule has 0 heterocycles. The van der Waals surface area contributed by atoms with E-state index in [0.717, 1.165) is 11.3 Å². The maximum atomic E-state index is 11.7. The highest BCUT2D eigenvalue weighted by Gasteiger charge is 2.00. The Morgan fingerprint density at radius 1 is 1.40 bits per heavy atom. The van der Waals surface area contributed by atoms with Crippen LogP contribution in [0.25, 0.3) is 0 Å². The Balaban J connectivity index is 2.69. The van der Waals surface area contributed by atoms with Crippen molar-refractivity contribution in [2.24, 2.45) is 10.3 Å². The number of hydrogen-bond donors (Lipinski definition) is 0. The highest BCUT2D eigenvalue weighted by atomic mass is 32.2. The lowest BCUT2D eigenvalue weighted by Gasteiger charge is -1.99. The van der Waals surface area contributed by atoms with E-state index in [1.807, 2.05) is 31.2 Å². The van der Waals surface area contributed by atoms with E-state index in [-0.39, 0.29) is 0 Å². The molecule has 0 N–H and O–H groups in total. The Labute approximate surface area is 94.0 Å². The molecular formula is C12H17NOS. The predicted molar refractivity (Wildman–Crippen MR) is 65.5 cm³/mol. The monoisotopic (exact) mass is 223 g/mol. The molecule has 1 aromatic carbocycles. The first kappa shape index (κ1) is 12.1. The van der Waals surface area contributed by atoms with Gasteiger partial charge in [-0.25, -0.2) is 4.21 Å². The van der Waals surface area contributed by atoms with Crippen LogP contribution in [0.2, 0.25) is 0 Å². The summed E-state index contributed by atoms with van der Waals surface area (Å²) in [5.74, 6) is 0.388. The van der Waals surface area contributed by atoms with Gasteiger partial charge in [0.25, 0.3) is 0 Å².